The second kappa shape index (κ2) is 7.04. The van der Waals surface area contributed by atoms with E-state index in [-0.39, 0.29) is 12.5 Å². The minimum absolute atomic E-state index is 0.0444. The molecule has 2 atom stereocenters. The molecule has 4 aromatic carbocycles. The number of rotatable bonds is 5. The molecule has 0 bridgehead atoms. The lowest BCUT2D eigenvalue weighted by Crippen LogP contribution is -2.35. The van der Waals surface area contributed by atoms with Gasteiger partial charge in [0.05, 0.1) is 0 Å². The Morgan fingerprint density at radius 1 is 0.808 bits per heavy atom. The van der Waals surface area contributed by atoms with Crippen molar-refractivity contribution in [1.29, 1.82) is 0 Å². The van der Waals surface area contributed by atoms with Crippen LogP contribution in [-0.2, 0) is 6.54 Å². The van der Waals surface area contributed by atoms with Gasteiger partial charge in [0.1, 0.15) is 6.23 Å². The molecule has 0 heterocycles. The zero-order valence-electron chi connectivity index (χ0n) is 14.8. The van der Waals surface area contributed by atoms with Crippen LogP contribution in [0.2, 0.25) is 0 Å². The Balaban J connectivity index is 1.89. The zero-order chi connectivity index (χ0) is 18.1. The summed E-state index contributed by atoms with van der Waals surface area (Å²) in [4.78, 5) is 0. The van der Waals surface area contributed by atoms with E-state index in [4.69, 9.17) is 0 Å². The fraction of sp³-hybridized carbons (Fsp3) is 0.217. The Labute approximate surface area is 152 Å². The Hall–Kier alpha value is -2.46. The number of benzene rings is 4. The first kappa shape index (κ1) is 17.0. The lowest BCUT2D eigenvalue weighted by atomic mass is 9.93. The molecule has 0 aliphatic carbocycles. The fourth-order valence-corrected chi connectivity index (χ4v) is 3.60. The van der Waals surface area contributed by atoms with Crippen LogP contribution in [0.25, 0.3) is 32.3 Å². The Kier molecular flexibility index (Phi) is 4.60. The van der Waals surface area contributed by atoms with E-state index in [1.165, 1.54) is 32.3 Å². The smallest absolute Gasteiger partial charge is 0.109 e. The molecular weight excluding hydrogens is 322 g/mol. The van der Waals surface area contributed by atoms with E-state index in [0.29, 0.717) is 6.54 Å². The molecule has 3 nitrogen and oxygen atoms in total. The molecule has 2 unspecified atom stereocenters. The molecule has 0 amide bonds. The standard InChI is InChI=1S/C23H23NO2/c1-15(14-25)23(26)24-13-17-12-22-18-7-3-2-6-16(18)10-11-21(22)20-9-5-4-8-19(17)20/h2-12,15,23-26H,13-14H2,1H3. The van der Waals surface area contributed by atoms with Gasteiger partial charge in [-0.15, -0.1) is 0 Å². The Morgan fingerprint density at radius 3 is 2.23 bits per heavy atom. The van der Waals surface area contributed by atoms with Crippen molar-refractivity contribution < 1.29 is 10.2 Å². The van der Waals surface area contributed by atoms with Crippen molar-refractivity contribution in [2.24, 2.45) is 5.92 Å². The van der Waals surface area contributed by atoms with E-state index in [1.807, 2.05) is 13.0 Å². The molecule has 4 rings (SSSR count). The van der Waals surface area contributed by atoms with Gasteiger partial charge in [-0.1, -0.05) is 67.6 Å². The lowest BCUT2D eigenvalue weighted by Gasteiger charge is -2.19. The van der Waals surface area contributed by atoms with Gasteiger partial charge < -0.3 is 10.2 Å². The van der Waals surface area contributed by atoms with Crippen molar-refractivity contribution >= 4 is 32.3 Å². The van der Waals surface area contributed by atoms with E-state index in [9.17, 15) is 10.2 Å². The highest BCUT2D eigenvalue weighted by molar-refractivity contribution is 6.18. The zero-order valence-corrected chi connectivity index (χ0v) is 14.8. The number of aliphatic hydroxyl groups excluding tert-OH is 2. The highest BCUT2D eigenvalue weighted by Gasteiger charge is 2.14. The average molecular weight is 345 g/mol. The summed E-state index contributed by atoms with van der Waals surface area (Å²) >= 11 is 0. The number of nitrogens with one attached hydrogen (secondary N) is 1. The summed E-state index contributed by atoms with van der Waals surface area (Å²) in [6.07, 6.45) is -0.734. The van der Waals surface area contributed by atoms with Crippen molar-refractivity contribution in [2.75, 3.05) is 6.61 Å². The number of fused-ring (bicyclic) bond motifs is 5. The number of hydrogen-bond acceptors (Lipinski definition) is 3. The molecule has 0 fully saturated rings. The van der Waals surface area contributed by atoms with E-state index in [0.717, 1.165) is 5.56 Å². The monoisotopic (exact) mass is 345 g/mol. The summed E-state index contributed by atoms with van der Waals surface area (Å²) in [5.74, 6) is -0.206. The van der Waals surface area contributed by atoms with E-state index < -0.39 is 6.23 Å². The topological polar surface area (TPSA) is 52.5 Å². The highest BCUT2D eigenvalue weighted by atomic mass is 16.3. The average Bonchev–Trinajstić information content (AvgIpc) is 2.70. The minimum atomic E-state index is -0.734. The first-order valence-electron chi connectivity index (χ1n) is 9.03. The van der Waals surface area contributed by atoms with Crippen molar-refractivity contribution in [2.45, 2.75) is 19.7 Å². The van der Waals surface area contributed by atoms with Gasteiger partial charge in [-0.3, -0.25) is 5.32 Å². The van der Waals surface area contributed by atoms with Gasteiger partial charge in [-0.25, -0.2) is 0 Å². The van der Waals surface area contributed by atoms with Crippen LogP contribution >= 0.6 is 0 Å². The van der Waals surface area contributed by atoms with Crippen LogP contribution in [-0.4, -0.2) is 23.0 Å². The van der Waals surface area contributed by atoms with Crippen LogP contribution in [0.15, 0.2) is 66.7 Å². The molecule has 26 heavy (non-hydrogen) atoms. The van der Waals surface area contributed by atoms with E-state index >= 15 is 0 Å². The van der Waals surface area contributed by atoms with E-state index in [1.54, 1.807) is 0 Å². The Bertz CT molecular complexity index is 1070. The summed E-state index contributed by atoms with van der Waals surface area (Å²) in [7, 11) is 0. The first-order chi connectivity index (χ1) is 12.7. The highest BCUT2D eigenvalue weighted by Crippen LogP contribution is 2.33. The quantitative estimate of drug-likeness (QED) is 0.376. The molecule has 0 saturated carbocycles. The normalized spacial score (nSPS) is 14.1. The van der Waals surface area contributed by atoms with E-state index in [2.05, 4.69) is 66.0 Å². The van der Waals surface area contributed by atoms with Gasteiger partial charge in [0, 0.05) is 19.1 Å². The maximum absolute atomic E-state index is 10.2. The van der Waals surface area contributed by atoms with Gasteiger partial charge in [0.2, 0.25) is 0 Å². The molecule has 0 radical (unpaired) electrons. The van der Waals surface area contributed by atoms with Crippen LogP contribution in [0, 0.1) is 5.92 Å². The molecule has 132 valence electrons. The first-order valence-corrected chi connectivity index (χ1v) is 9.03. The second-order valence-corrected chi connectivity index (χ2v) is 6.95. The maximum Gasteiger partial charge on any atom is 0.109 e. The van der Waals surface area contributed by atoms with Crippen LogP contribution in [0.4, 0.5) is 0 Å². The van der Waals surface area contributed by atoms with Crippen molar-refractivity contribution in [3.63, 3.8) is 0 Å². The third-order valence-corrected chi connectivity index (χ3v) is 5.18. The predicted molar refractivity (Wildman–Crippen MR) is 108 cm³/mol. The van der Waals surface area contributed by atoms with Gasteiger partial charge in [-0.05, 0) is 43.9 Å². The van der Waals surface area contributed by atoms with Gasteiger partial charge in [0.15, 0.2) is 0 Å². The summed E-state index contributed by atoms with van der Waals surface area (Å²) in [6.45, 7) is 2.33. The summed E-state index contributed by atoms with van der Waals surface area (Å²) < 4.78 is 0. The molecule has 0 aliphatic rings. The Morgan fingerprint density at radius 2 is 1.46 bits per heavy atom. The predicted octanol–water partition coefficient (Wildman–Crippen LogP) is 4.18. The third kappa shape index (κ3) is 2.95. The number of hydrogen-bond donors (Lipinski definition) is 3. The SMILES string of the molecule is CC(CO)C(O)NCc1cc2c3ccccc3ccc2c2ccccc12. The molecule has 0 aliphatic heterocycles. The number of aliphatic hydroxyl groups is 2. The maximum atomic E-state index is 10.2. The van der Waals surface area contributed by atoms with Crippen molar-refractivity contribution in [3.05, 3.63) is 72.3 Å². The molecular formula is C23H23NO2. The van der Waals surface area contributed by atoms with Crippen LogP contribution in [0.3, 0.4) is 0 Å². The van der Waals surface area contributed by atoms with Crippen molar-refractivity contribution in [3.8, 4) is 0 Å². The second-order valence-electron chi connectivity index (χ2n) is 6.95. The summed E-state index contributed by atoms with van der Waals surface area (Å²) in [5, 5.41) is 29.9. The van der Waals surface area contributed by atoms with Gasteiger partial charge >= 0.3 is 0 Å². The summed E-state index contributed by atoms with van der Waals surface area (Å²) in [6, 6.07) is 23.4. The minimum Gasteiger partial charge on any atom is -0.396 e. The van der Waals surface area contributed by atoms with Gasteiger partial charge in [-0.2, -0.15) is 0 Å². The lowest BCUT2D eigenvalue weighted by molar-refractivity contribution is 0.0495. The summed E-state index contributed by atoms with van der Waals surface area (Å²) in [5.41, 5.74) is 1.15. The molecule has 3 heteroatoms. The van der Waals surface area contributed by atoms with Crippen LogP contribution in [0.1, 0.15) is 12.5 Å². The van der Waals surface area contributed by atoms with Gasteiger partial charge in [0.25, 0.3) is 0 Å². The molecule has 0 saturated heterocycles. The van der Waals surface area contributed by atoms with Crippen molar-refractivity contribution in [1.82, 2.24) is 5.32 Å². The van der Waals surface area contributed by atoms with Crippen LogP contribution in [0.5, 0.6) is 0 Å². The third-order valence-electron chi connectivity index (χ3n) is 5.18. The largest absolute Gasteiger partial charge is 0.396 e. The molecule has 4 aromatic rings. The molecule has 0 spiro atoms. The van der Waals surface area contributed by atoms with Crippen LogP contribution < -0.4 is 5.32 Å². The fourth-order valence-electron chi connectivity index (χ4n) is 3.60. The molecule has 0 aromatic heterocycles. The molecule has 3 N–H and O–H groups in total.